The first-order chi connectivity index (χ1) is 12.5. The molecule has 0 unspecified atom stereocenters. The molecule has 2 aromatic rings. The molecule has 5 nitrogen and oxygen atoms in total. The highest BCUT2D eigenvalue weighted by Gasteiger charge is 2.32. The van der Waals surface area contributed by atoms with Gasteiger partial charge in [-0.15, -0.1) is 0 Å². The van der Waals surface area contributed by atoms with Crippen LogP contribution < -0.4 is 5.73 Å². The third-order valence-electron chi connectivity index (χ3n) is 5.07. The number of aromatic nitrogens is 1. The fourth-order valence-electron chi connectivity index (χ4n) is 3.69. The SMILES string of the molecule is CCCCc1c(-c2ccc(C(=O)OC)cc2)c(C(N)=O)c(C)n1C1CC1. The number of nitrogens with two attached hydrogens (primary N) is 1. The normalized spacial score (nSPS) is 13.7. The Labute approximate surface area is 154 Å². The number of nitrogens with zero attached hydrogens (tertiary/aromatic N) is 1. The monoisotopic (exact) mass is 354 g/mol. The molecule has 0 bridgehead atoms. The molecule has 1 aliphatic carbocycles. The number of methoxy groups -OCH3 is 1. The Bertz CT molecular complexity index is 830. The van der Waals surface area contributed by atoms with E-state index >= 15 is 0 Å². The van der Waals surface area contributed by atoms with Crippen LogP contribution in [0.5, 0.6) is 0 Å². The van der Waals surface area contributed by atoms with E-state index in [4.69, 9.17) is 10.5 Å². The third kappa shape index (κ3) is 3.26. The maximum absolute atomic E-state index is 12.3. The average molecular weight is 354 g/mol. The molecule has 0 radical (unpaired) electrons. The Balaban J connectivity index is 2.16. The summed E-state index contributed by atoms with van der Waals surface area (Å²) in [6.45, 7) is 4.15. The van der Waals surface area contributed by atoms with Crippen molar-refractivity contribution in [2.24, 2.45) is 5.73 Å². The lowest BCUT2D eigenvalue weighted by Crippen LogP contribution is -2.13. The maximum atomic E-state index is 12.3. The zero-order chi connectivity index (χ0) is 18.8. The van der Waals surface area contributed by atoms with Crippen LogP contribution in [0.3, 0.4) is 0 Å². The van der Waals surface area contributed by atoms with Crippen LogP contribution in [0.1, 0.15) is 70.8 Å². The van der Waals surface area contributed by atoms with Gasteiger partial charge in [-0.1, -0.05) is 25.5 Å². The van der Waals surface area contributed by atoms with Crippen molar-refractivity contribution < 1.29 is 14.3 Å². The number of hydrogen-bond acceptors (Lipinski definition) is 3. The lowest BCUT2D eigenvalue weighted by Gasteiger charge is -2.12. The van der Waals surface area contributed by atoms with Gasteiger partial charge in [-0.2, -0.15) is 0 Å². The fraction of sp³-hybridized carbons (Fsp3) is 0.429. The number of hydrogen-bond donors (Lipinski definition) is 1. The van der Waals surface area contributed by atoms with Crippen LogP contribution in [-0.4, -0.2) is 23.6 Å². The highest BCUT2D eigenvalue weighted by Crippen LogP contribution is 2.43. The zero-order valence-corrected chi connectivity index (χ0v) is 15.7. The Hall–Kier alpha value is -2.56. The summed E-state index contributed by atoms with van der Waals surface area (Å²) < 4.78 is 7.09. The number of benzene rings is 1. The number of esters is 1. The number of amides is 1. The number of ether oxygens (including phenoxy) is 1. The molecule has 0 spiro atoms. The second-order valence-electron chi connectivity index (χ2n) is 6.92. The Morgan fingerprint density at radius 2 is 1.88 bits per heavy atom. The van der Waals surface area contributed by atoms with E-state index in [9.17, 15) is 9.59 Å². The molecular weight excluding hydrogens is 328 g/mol. The van der Waals surface area contributed by atoms with Crippen LogP contribution in [0.4, 0.5) is 0 Å². The topological polar surface area (TPSA) is 74.3 Å². The highest BCUT2D eigenvalue weighted by molar-refractivity contribution is 6.02. The predicted octanol–water partition coefficient (Wildman–Crippen LogP) is 4.03. The van der Waals surface area contributed by atoms with Crippen LogP contribution in [0, 0.1) is 6.92 Å². The van der Waals surface area contributed by atoms with Crippen molar-refractivity contribution in [3.63, 3.8) is 0 Å². The molecule has 138 valence electrons. The molecule has 3 rings (SSSR count). The van der Waals surface area contributed by atoms with Crippen molar-refractivity contribution in [3.8, 4) is 11.1 Å². The van der Waals surface area contributed by atoms with Crippen molar-refractivity contribution in [2.45, 2.75) is 52.0 Å². The summed E-state index contributed by atoms with van der Waals surface area (Å²) in [7, 11) is 1.36. The number of carbonyl (C=O) groups is 2. The molecule has 1 fully saturated rings. The lowest BCUT2D eigenvalue weighted by atomic mass is 9.96. The second kappa shape index (κ2) is 7.36. The van der Waals surface area contributed by atoms with Gasteiger partial charge in [-0.3, -0.25) is 4.79 Å². The van der Waals surface area contributed by atoms with Crippen molar-refractivity contribution in [3.05, 3.63) is 46.8 Å². The number of primary amides is 1. The molecule has 0 atom stereocenters. The fourth-order valence-corrected chi connectivity index (χ4v) is 3.69. The standard InChI is InChI=1S/C21H26N2O3/c1-4-5-6-17-19(14-7-9-15(10-8-14)21(25)26-3)18(20(22)24)13(2)23(17)16-11-12-16/h7-10,16H,4-6,11-12H2,1-3H3,(H2,22,24). The third-order valence-corrected chi connectivity index (χ3v) is 5.07. The second-order valence-corrected chi connectivity index (χ2v) is 6.92. The molecule has 1 aromatic carbocycles. The Kier molecular flexibility index (Phi) is 5.16. The summed E-state index contributed by atoms with van der Waals surface area (Å²) in [5.74, 6) is -0.767. The largest absolute Gasteiger partial charge is 0.465 e. The predicted molar refractivity (Wildman–Crippen MR) is 101 cm³/mol. The molecule has 1 aromatic heterocycles. The van der Waals surface area contributed by atoms with Gasteiger partial charge < -0.3 is 15.0 Å². The van der Waals surface area contributed by atoms with E-state index in [-0.39, 0.29) is 5.97 Å². The van der Waals surface area contributed by atoms with Gasteiger partial charge in [0.1, 0.15) is 0 Å². The van der Waals surface area contributed by atoms with E-state index in [1.54, 1.807) is 12.1 Å². The van der Waals surface area contributed by atoms with Crippen LogP contribution in [-0.2, 0) is 11.2 Å². The molecule has 2 N–H and O–H groups in total. The van der Waals surface area contributed by atoms with Gasteiger partial charge in [0.25, 0.3) is 5.91 Å². The van der Waals surface area contributed by atoms with Crippen molar-refractivity contribution in [1.82, 2.24) is 4.57 Å². The first-order valence-electron chi connectivity index (χ1n) is 9.21. The summed E-state index contributed by atoms with van der Waals surface area (Å²) in [5, 5.41) is 0. The van der Waals surface area contributed by atoms with Crippen LogP contribution in [0.25, 0.3) is 11.1 Å². The number of unbranched alkanes of at least 4 members (excludes halogenated alkanes) is 1. The van der Waals surface area contributed by atoms with Crippen LogP contribution in [0.2, 0.25) is 0 Å². The van der Waals surface area contributed by atoms with E-state index in [2.05, 4.69) is 11.5 Å². The molecule has 1 aliphatic rings. The maximum Gasteiger partial charge on any atom is 0.337 e. The zero-order valence-electron chi connectivity index (χ0n) is 15.7. The first kappa shape index (κ1) is 18.2. The van der Waals surface area contributed by atoms with E-state index in [0.717, 1.165) is 48.9 Å². The molecule has 0 aliphatic heterocycles. The Morgan fingerprint density at radius 1 is 1.23 bits per heavy atom. The summed E-state index contributed by atoms with van der Waals surface area (Å²) >= 11 is 0. The van der Waals surface area contributed by atoms with E-state index < -0.39 is 5.91 Å². The van der Waals surface area contributed by atoms with Gasteiger partial charge in [0.2, 0.25) is 0 Å². The molecule has 5 heteroatoms. The molecule has 0 saturated heterocycles. The lowest BCUT2D eigenvalue weighted by molar-refractivity contribution is 0.0600. The average Bonchev–Trinajstić information content (AvgIpc) is 3.42. The summed E-state index contributed by atoms with van der Waals surface area (Å²) in [6.07, 6.45) is 5.35. The van der Waals surface area contributed by atoms with Gasteiger partial charge in [-0.05, 0) is 50.3 Å². The van der Waals surface area contributed by atoms with Gasteiger partial charge in [-0.25, -0.2) is 4.79 Å². The van der Waals surface area contributed by atoms with Crippen molar-refractivity contribution >= 4 is 11.9 Å². The Morgan fingerprint density at radius 3 is 2.38 bits per heavy atom. The summed E-state index contributed by atoms with van der Waals surface area (Å²) in [6, 6.07) is 7.70. The van der Waals surface area contributed by atoms with E-state index in [0.29, 0.717) is 17.2 Å². The van der Waals surface area contributed by atoms with E-state index in [1.165, 1.54) is 12.8 Å². The van der Waals surface area contributed by atoms with Gasteiger partial charge in [0.05, 0.1) is 18.2 Å². The van der Waals surface area contributed by atoms with E-state index in [1.807, 2.05) is 19.1 Å². The minimum absolute atomic E-state index is 0.371. The number of rotatable bonds is 7. The molecule has 1 amide bonds. The number of carbonyl (C=O) groups excluding carboxylic acids is 2. The van der Waals surface area contributed by atoms with Crippen molar-refractivity contribution in [1.29, 1.82) is 0 Å². The van der Waals surface area contributed by atoms with Gasteiger partial charge in [0, 0.05) is 23.0 Å². The minimum atomic E-state index is -0.397. The van der Waals surface area contributed by atoms with Crippen LogP contribution >= 0.6 is 0 Å². The highest BCUT2D eigenvalue weighted by atomic mass is 16.5. The molecule has 1 heterocycles. The quantitative estimate of drug-likeness (QED) is 0.763. The molecule has 1 saturated carbocycles. The van der Waals surface area contributed by atoms with Gasteiger partial charge >= 0.3 is 5.97 Å². The first-order valence-corrected chi connectivity index (χ1v) is 9.21. The molecule has 26 heavy (non-hydrogen) atoms. The molecular formula is C21H26N2O3. The summed E-state index contributed by atoms with van der Waals surface area (Å²) in [4.78, 5) is 24.0. The van der Waals surface area contributed by atoms with Crippen molar-refractivity contribution in [2.75, 3.05) is 7.11 Å². The smallest absolute Gasteiger partial charge is 0.337 e. The summed E-state index contributed by atoms with van der Waals surface area (Å²) in [5.41, 5.74) is 10.8. The van der Waals surface area contributed by atoms with Crippen LogP contribution in [0.15, 0.2) is 24.3 Å². The van der Waals surface area contributed by atoms with Gasteiger partial charge in [0.15, 0.2) is 0 Å². The minimum Gasteiger partial charge on any atom is -0.465 e.